The monoisotopic (exact) mass is 339 g/mol. The highest BCUT2D eigenvalue weighted by Crippen LogP contribution is 2.06. The minimum atomic E-state index is -1.61. The van der Waals surface area contributed by atoms with Gasteiger partial charge < -0.3 is 27.6 Å². The van der Waals surface area contributed by atoms with Gasteiger partial charge in [0.2, 0.25) is 5.91 Å². The number of benzene rings is 1. The molecule has 8 N–H and O–H groups in total. The van der Waals surface area contributed by atoms with Crippen molar-refractivity contribution in [3.05, 3.63) is 35.9 Å². The van der Waals surface area contributed by atoms with E-state index in [2.05, 4.69) is 10.3 Å². The van der Waals surface area contributed by atoms with Crippen molar-refractivity contribution in [1.29, 1.82) is 0 Å². The zero-order valence-corrected chi connectivity index (χ0v) is 13.1. The Bertz CT molecular complexity index is 578. The second-order valence-electron chi connectivity index (χ2n) is 5.29. The molecule has 0 saturated heterocycles. The molecule has 1 aromatic rings. The van der Waals surface area contributed by atoms with Gasteiger partial charge in [-0.25, -0.2) is 9.18 Å². The Morgan fingerprint density at radius 3 is 2.42 bits per heavy atom. The van der Waals surface area contributed by atoms with Crippen molar-refractivity contribution < 1.29 is 19.1 Å². The number of aliphatic carboxylic acids is 1. The van der Waals surface area contributed by atoms with Gasteiger partial charge in [0.15, 0.2) is 5.96 Å². The summed E-state index contributed by atoms with van der Waals surface area (Å²) in [4.78, 5) is 26.7. The van der Waals surface area contributed by atoms with Crippen LogP contribution in [-0.4, -0.2) is 47.7 Å². The van der Waals surface area contributed by atoms with E-state index in [1.54, 1.807) is 24.3 Å². The minimum absolute atomic E-state index is 0.242. The van der Waals surface area contributed by atoms with Crippen LogP contribution in [0.1, 0.15) is 12.0 Å². The molecule has 0 aromatic heterocycles. The number of carbonyl (C=O) groups is 2. The van der Waals surface area contributed by atoms with Crippen molar-refractivity contribution in [3.8, 4) is 0 Å². The number of amides is 1. The van der Waals surface area contributed by atoms with Gasteiger partial charge in [-0.2, -0.15) is 0 Å². The number of rotatable bonds is 9. The highest BCUT2D eigenvalue weighted by molar-refractivity contribution is 5.87. The van der Waals surface area contributed by atoms with Gasteiger partial charge in [-0.05, 0) is 12.0 Å². The lowest BCUT2D eigenvalue weighted by Gasteiger charge is -2.19. The van der Waals surface area contributed by atoms with Gasteiger partial charge in [-0.15, -0.1) is 0 Å². The Morgan fingerprint density at radius 2 is 1.88 bits per heavy atom. The molecule has 1 unspecified atom stereocenters. The van der Waals surface area contributed by atoms with Gasteiger partial charge in [0.1, 0.15) is 12.2 Å². The van der Waals surface area contributed by atoms with Crippen LogP contribution in [0, 0.1) is 0 Å². The third kappa shape index (κ3) is 7.05. The van der Waals surface area contributed by atoms with Crippen molar-refractivity contribution in [2.24, 2.45) is 22.2 Å². The first kappa shape index (κ1) is 19.4. The van der Waals surface area contributed by atoms with Crippen molar-refractivity contribution >= 4 is 17.8 Å². The molecule has 0 radical (unpaired) electrons. The molecule has 132 valence electrons. The molecule has 1 rings (SSSR count). The fourth-order valence-electron chi connectivity index (χ4n) is 2.00. The standard InChI is InChI=1S/C15H22FN5O3/c16-10(8-20-15(18)19)7-12(14(23)24)21-13(22)11(17)6-9-4-2-1-3-5-9/h1-5,10-12H,6-8,17H2,(H,21,22)(H,23,24)(H4,18,19,20)/t10?,11-,12-/m0/s1. The molecule has 9 heteroatoms. The summed E-state index contributed by atoms with van der Waals surface area (Å²) >= 11 is 0. The summed E-state index contributed by atoms with van der Waals surface area (Å²) < 4.78 is 13.7. The number of carboxylic acid groups (broad SMARTS) is 1. The smallest absolute Gasteiger partial charge is 0.326 e. The molecule has 0 aliphatic heterocycles. The average molecular weight is 339 g/mol. The topological polar surface area (TPSA) is 157 Å². The van der Waals surface area contributed by atoms with Crippen LogP contribution in [0.15, 0.2) is 35.3 Å². The van der Waals surface area contributed by atoms with Crippen LogP contribution in [0.25, 0.3) is 0 Å². The van der Waals surface area contributed by atoms with E-state index in [1.807, 2.05) is 6.07 Å². The van der Waals surface area contributed by atoms with E-state index < -0.39 is 36.6 Å². The number of alkyl halides is 1. The summed E-state index contributed by atoms with van der Waals surface area (Å²) in [5.41, 5.74) is 16.8. The van der Waals surface area contributed by atoms with E-state index in [0.29, 0.717) is 0 Å². The van der Waals surface area contributed by atoms with Crippen LogP contribution in [0.4, 0.5) is 4.39 Å². The number of nitrogens with zero attached hydrogens (tertiary/aromatic N) is 1. The second kappa shape index (κ2) is 9.46. The zero-order chi connectivity index (χ0) is 18.1. The zero-order valence-electron chi connectivity index (χ0n) is 13.1. The Kier molecular flexibility index (Phi) is 7.63. The van der Waals surface area contributed by atoms with E-state index in [4.69, 9.17) is 22.3 Å². The van der Waals surface area contributed by atoms with Crippen molar-refractivity contribution in [1.82, 2.24) is 5.32 Å². The fourth-order valence-corrected chi connectivity index (χ4v) is 2.00. The Balaban J connectivity index is 2.58. The Labute approximate surface area is 138 Å². The molecule has 1 amide bonds. The molecule has 0 fully saturated rings. The lowest BCUT2D eigenvalue weighted by Crippen LogP contribution is -2.50. The molecule has 8 nitrogen and oxygen atoms in total. The van der Waals surface area contributed by atoms with E-state index in [0.717, 1.165) is 5.56 Å². The molecule has 0 saturated carbocycles. The SMILES string of the molecule is NC(N)=NCC(F)C[C@H](NC(=O)[C@@H](N)Cc1ccccc1)C(=O)O. The van der Waals surface area contributed by atoms with Gasteiger partial charge in [-0.1, -0.05) is 30.3 Å². The number of carbonyl (C=O) groups excluding carboxylic acids is 1. The molecule has 0 bridgehead atoms. The average Bonchev–Trinajstić information content (AvgIpc) is 2.53. The molecule has 0 aliphatic rings. The van der Waals surface area contributed by atoms with Gasteiger partial charge >= 0.3 is 5.97 Å². The largest absolute Gasteiger partial charge is 0.480 e. The van der Waals surface area contributed by atoms with Gasteiger partial charge in [0.05, 0.1) is 12.6 Å². The first-order chi connectivity index (χ1) is 11.3. The maximum Gasteiger partial charge on any atom is 0.326 e. The van der Waals surface area contributed by atoms with Crippen LogP contribution in [0.3, 0.4) is 0 Å². The third-order valence-electron chi connectivity index (χ3n) is 3.21. The highest BCUT2D eigenvalue weighted by Gasteiger charge is 2.26. The molecule has 0 aliphatic carbocycles. The molecular formula is C15H22FN5O3. The Morgan fingerprint density at radius 1 is 1.25 bits per heavy atom. The van der Waals surface area contributed by atoms with Gasteiger partial charge in [0, 0.05) is 6.42 Å². The number of aliphatic imine (C=N–C) groups is 1. The third-order valence-corrected chi connectivity index (χ3v) is 3.21. The second-order valence-corrected chi connectivity index (χ2v) is 5.29. The molecule has 0 heterocycles. The molecule has 3 atom stereocenters. The molecule has 0 spiro atoms. The first-order valence-electron chi connectivity index (χ1n) is 7.31. The lowest BCUT2D eigenvalue weighted by atomic mass is 10.0. The number of nitrogens with one attached hydrogen (secondary N) is 1. The van der Waals surface area contributed by atoms with Crippen molar-refractivity contribution in [3.63, 3.8) is 0 Å². The number of hydrogen-bond donors (Lipinski definition) is 5. The predicted molar refractivity (Wildman–Crippen MR) is 87.9 cm³/mol. The molecule has 1 aromatic carbocycles. The van der Waals surface area contributed by atoms with Crippen molar-refractivity contribution in [2.45, 2.75) is 31.1 Å². The maximum atomic E-state index is 13.7. The molecular weight excluding hydrogens is 317 g/mol. The summed E-state index contributed by atoms with van der Waals surface area (Å²) in [6.07, 6.45) is -1.83. The first-order valence-corrected chi connectivity index (χ1v) is 7.31. The quantitative estimate of drug-likeness (QED) is 0.291. The number of guanidine groups is 1. The normalized spacial score (nSPS) is 14.2. The maximum absolute atomic E-state index is 13.7. The van der Waals surface area contributed by atoms with E-state index in [-0.39, 0.29) is 18.9 Å². The number of nitrogens with two attached hydrogens (primary N) is 3. The number of carboxylic acids is 1. The summed E-state index contributed by atoms with van der Waals surface area (Å²) in [7, 11) is 0. The van der Waals surface area contributed by atoms with Gasteiger partial charge in [0.25, 0.3) is 0 Å². The van der Waals surface area contributed by atoms with E-state index in [1.165, 1.54) is 0 Å². The highest BCUT2D eigenvalue weighted by atomic mass is 19.1. The number of halogens is 1. The summed E-state index contributed by atoms with van der Waals surface area (Å²) in [5, 5.41) is 11.4. The van der Waals surface area contributed by atoms with Crippen LogP contribution in [0.2, 0.25) is 0 Å². The Hall–Kier alpha value is -2.68. The minimum Gasteiger partial charge on any atom is -0.480 e. The van der Waals surface area contributed by atoms with Crippen LogP contribution >= 0.6 is 0 Å². The summed E-state index contributed by atoms with van der Waals surface area (Å²) in [6, 6.07) is 6.68. The predicted octanol–water partition coefficient (Wildman–Crippen LogP) is -0.873. The van der Waals surface area contributed by atoms with E-state index >= 15 is 0 Å². The summed E-state index contributed by atoms with van der Waals surface area (Å²) in [6.45, 7) is -0.377. The van der Waals surface area contributed by atoms with Gasteiger partial charge in [-0.3, -0.25) is 9.79 Å². The summed E-state index contributed by atoms with van der Waals surface area (Å²) in [5.74, 6) is -2.32. The van der Waals surface area contributed by atoms with E-state index in [9.17, 15) is 14.0 Å². The van der Waals surface area contributed by atoms with Crippen LogP contribution in [-0.2, 0) is 16.0 Å². The fraction of sp³-hybridized carbons (Fsp3) is 0.400. The van der Waals surface area contributed by atoms with Crippen LogP contribution in [0.5, 0.6) is 0 Å². The van der Waals surface area contributed by atoms with Crippen LogP contribution < -0.4 is 22.5 Å². The lowest BCUT2D eigenvalue weighted by molar-refractivity contribution is -0.142. The molecule has 24 heavy (non-hydrogen) atoms. The number of hydrogen-bond acceptors (Lipinski definition) is 4. The van der Waals surface area contributed by atoms with Crippen molar-refractivity contribution in [2.75, 3.05) is 6.54 Å².